The smallest absolute Gasteiger partial charge is 0.327 e. The average molecular weight is 358 g/mol. The van der Waals surface area contributed by atoms with E-state index in [1.807, 2.05) is 6.92 Å². The molecule has 2 aromatic heterocycles. The maximum Gasteiger partial charge on any atom is 0.327 e. The summed E-state index contributed by atoms with van der Waals surface area (Å²) in [6.45, 7) is 2.02. The number of rotatable bonds is 6. The van der Waals surface area contributed by atoms with Crippen LogP contribution in [0.25, 0.3) is 11.2 Å². The Morgan fingerprint density at radius 1 is 1.42 bits per heavy atom. The molecule has 2 aromatic rings. The fourth-order valence-corrected chi connectivity index (χ4v) is 3.04. The lowest BCUT2D eigenvalue weighted by Gasteiger charge is -2.22. The fourth-order valence-electron chi connectivity index (χ4n) is 2.69. The second-order valence-corrected chi connectivity index (χ2v) is 7.28. The van der Waals surface area contributed by atoms with Crippen molar-refractivity contribution in [3.05, 3.63) is 18.3 Å². The van der Waals surface area contributed by atoms with E-state index in [1.54, 1.807) is 10.9 Å². The zero-order valence-corrected chi connectivity index (χ0v) is 14.2. The Hall–Kier alpha value is -1.42. The van der Waals surface area contributed by atoms with Gasteiger partial charge in [0.2, 0.25) is 0 Å². The van der Waals surface area contributed by atoms with E-state index in [1.165, 1.54) is 13.4 Å². The molecule has 0 spiro atoms. The van der Waals surface area contributed by atoms with Gasteiger partial charge in [-0.2, -0.15) is 0 Å². The van der Waals surface area contributed by atoms with Crippen LogP contribution in [0.15, 0.2) is 12.7 Å². The summed E-state index contributed by atoms with van der Waals surface area (Å²) in [5.41, 5.74) is 2.08. The molecule has 11 heteroatoms. The van der Waals surface area contributed by atoms with Crippen LogP contribution in [0.2, 0.25) is 0 Å². The van der Waals surface area contributed by atoms with Crippen molar-refractivity contribution < 1.29 is 28.6 Å². The zero-order chi connectivity index (χ0) is 17.3. The summed E-state index contributed by atoms with van der Waals surface area (Å²) in [5.74, 6) is 0. The van der Waals surface area contributed by atoms with E-state index in [2.05, 4.69) is 15.0 Å². The number of imidazole rings is 1. The summed E-state index contributed by atoms with van der Waals surface area (Å²) in [6.07, 6.45) is 1.35. The van der Waals surface area contributed by atoms with Crippen molar-refractivity contribution in [1.82, 2.24) is 19.5 Å². The van der Waals surface area contributed by atoms with Crippen molar-refractivity contribution in [2.24, 2.45) is 0 Å². The minimum absolute atomic E-state index is 0.0726. The number of hydrogen-bond acceptors (Lipinski definition) is 7. The third kappa shape index (κ3) is 3.49. The third-order valence-electron chi connectivity index (χ3n) is 3.88. The molecule has 1 aliphatic rings. The van der Waals surface area contributed by atoms with E-state index in [0.29, 0.717) is 11.2 Å². The van der Waals surface area contributed by atoms with E-state index in [-0.39, 0.29) is 19.4 Å². The number of aromatic nitrogens is 4. The number of nitrogens with zero attached hydrogens (tertiary/aromatic N) is 4. The largest absolute Gasteiger partial charge is 0.374 e. The normalized spacial score (nSPS) is 24.8. The van der Waals surface area contributed by atoms with Crippen LogP contribution in [-0.2, 0) is 18.8 Å². The number of methoxy groups -OCH3 is 1. The first-order chi connectivity index (χ1) is 11.4. The summed E-state index contributed by atoms with van der Waals surface area (Å²) < 4.78 is 29.5. The first-order valence-corrected chi connectivity index (χ1v) is 9.15. The van der Waals surface area contributed by atoms with Crippen molar-refractivity contribution in [2.45, 2.75) is 25.4 Å². The van der Waals surface area contributed by atoms with Gasteiger partial charge < -0.3 is 24.0 Å². The number of fused-ring (bicyclic) bond motifs is 1. The van der Waals surface area contributed by atoms with Gasteiger partial charge in [-0.05, 0) is 6.92 Å². The SMILES string of the molecule is CO[C@@H]1[C@@H](OCCP(=O)(O)O)CO[C@H]1n1cnc2c(C)ncnc21. The van der Waals surface area contributed by atoms with Gasteiger partial charge in [-0.1, -0.05) is 0 Å². The Morgan fingerprint density at radius 3 is 2.92 bits per heavy atom. The molecule has 1 aliphatic heterocycles. The van der Waals surface area contributed by atoms with Crippen molar-refractivity contribution in [3.63, 3.8) is 0 Å². The summed E-state index contributed by atoms with van der Waals surface area (Å²) in [5, 5.41) is 0. The van der Waals surface area contributed by atoms with Crippen LogP contribution >= 0.6 is 7.60 Å². The summed E-state index contributed by atoms with van der Waals surface area (Å²) >= 11 is 0. The van der Waals surface area contributed by atoms with Gasteiger partial charge in [0, 0.05) is 7.11 Å². The van der Waals surface area contributed by atoms with Crippen LogP contribution in [0.1, 0.15) is 11.9 Å². The van der Waals surface area contributed by atoms with Crippen LogP contribution in [-0.4, -0.2) is 68.0 Å². The monoisotopic (exact) mass is 358 g/mol. The molecule has 0 amide bonds. The Kier molecular flexibility index (Phi) is 4.95. The molecule has 0 saturated carbocycles. The fraction of sp³-hybridized carbons (Fsp3) is 0.615. The maximum atomic E-state index is 10.9. The first kappa shape index (κ1) is 17.4. The molecule has 0 radical (unpaired) electrons. The van der Waals surface area contributed by atoms with Gasteiger partial charge in [0.25, 0.3) is 0 Å². The molecule has 0 aliphatic carbocycles. The minimum atomic E-state index is -4.09. The first-order valence-electron chi connectivity index (χ1n) is 7.35. The highest BCUT2D eigenvalue weighted by atomic mass is 31.2. The van der Waals surface area contributed by atoms with Gasteiger partial charge in [0.05, 0.1) is 31.4 Å². The van der Waals surface area contributed by atoms with E-state index >= 15 is 0 Å². The minimum Gasteiger partial charge on any atom is -0.374 e. The van der Waals surface area contributed by atoms with Crippen LogP contribution < -0.4 is 0 Å². The topological polar surface area (TPSA) is 129 Å². The van der Waals surface area contributed by atoms with Gasteiger partial charge in [-0.25, -0.2) is 15.0 Å². The molecule has 0 unspecified atom stereocenters. The summed E-state index contributed by atoms with van der Waals surface area (Å²) in [4.78, 5) is 30.5. The van der Waals surface area contributed by atoms with Gasteiger partial charge in [0.1, 0.15) is 24.1 Å². The number of aryl methyl sites for hydroxylation is 1. The molecule has 3 heterocycles. The van der Waals surface area contributed by atoms with Gasteiger partial charge in [-0.3, -0.25) is 9.13 Å². The Balaban J connectivity index is 1.76. The van der Waals surface area contributed by atoms with Crippen LogP contribution in [0.4, 0.5) is 0 Å². The van der Waals surface area contributed by atoms with E-state index in [4.69, 9.17) is 24.0 Å². The molecule has 2 N–H and O–H groups in total. The second kappa shape index (κ2) is 6.83. The van der Waals surface area contributed by atoms with E-state index in [9.17, 15) is 4.57 Å². The Bertz CT molecular complexity index is 762. The van der Waals surface area contributed by atoms with Crippen molar-refractivity contribution in [2.75, 3.05) is 26.5 Å². The quantitative estimate of drug-likeness (QED) is 0.698. The molecule has 3 atom stereocenters. The molecule has 10 nitrogen and oxygen atoms in total. The number of ether oxygens (including phenoxy) is 3. The summed E-state index contributed by atoms with van der Waals surface area (Å²) in [6, 6.07) is 0. The van der Waals surface area contributed by atoms with Gasteiger partial charge in [0.15, 0.2) is 11.9 Å². The van der Waals surface area contributed by atoms with Crippen molar-refractivity contribution in [1.29, 1.82) is 0 Å². The summed E-state index contributed by atoms with van der Waals surface area (Å²) in [7, 11) is -2.56. The highest BCUT2D eigenvalue weighted by Gasteiger charge is 2.40. The molecule has 24 heavy (non-hydrogen) atoms. The Labute approximate surface area is 137 Å². The van der Waals surface area contributed by atoms with Gasteiger partial charge >= 0.3 is 7.60 Å². The molecule has 1 fully saturated rings. The lowest BCUT2D eigenvalue weighted by Crippen LogP contribution is -2.33. The van der Waals surface area contributed by atoms with Crippen molar-refractivity contribution in [3.8, 4) is 0 Å². The molecule has 1 saturated heterocycles. The molecular weight excluding hydrogens is 339 g/mol. The predicted molar refractivity (Wildman–Crippen MR) is 82.5 cm³/mol. The second-order valence-electron chi connectivity index (χ2n) is 5.50. The van der Waals surface area contributed by atoms with Gasteiger partial charge in [-0.15, -0.1) is 0 Å². The van der Waals surface area contributed by atoms with Crippen LogP contribution in [0.5, 0.6) is 0 Å². The van der Waals surface area contributed by atoms with Crippen molar-refractivity contribution >= 4 is 18.8 Å². The van der Waals surface area contributed by atoms with Crippen LogP contribution in [0, 0.1) is 6.92 Å². The molecule has 0 aromatic carbocycles. The lowest BCUT2D eigenvalue weighted by molar-refractivity contribution is -0.0565. The standard InChI is InChI=1S/C13H19N4O6P/c1-8-10-12(15-6-14-8)17(7-16-10)13-11(21-2)9(5-23-13)22-3-4-24(18,19)20/h6-7,9,11,13H,3-5H2,1-2H3,(H2,18,19,20)/t9-,11+,13+/m0/s1. The zero-order valence-electron chi connectivity index (χ0n) is 13.3. The lowest BCUT2D eigenvalue weighted by atomic mass is 10.2. The van der Waals surface area contributed by atoms with E-state index in [0.717, 1.165) is 5.69 Å². The predicted octanol–water partition coefficient (Wildman–Crippen LogP) is 0.241. The average Bonchev–Trinajstić information content (AvgIpc) is 3.10. The molecule has 132 valence electrons. The molecule has 0 bridgehead atoms. The molecular formula is C13H19N4O6P. The Morgan fingerprint density at radius 2 is 2.21 bits per heavy atom. The maximum absolute atomic E-state index is 10.9. The highest BCUT2D eigenvalue weighted by Crippen LogP contribution is 2.35. The molecule has 3 rings (SSSR count). The third-order valence-corrected chi connectivity index (χ3v) is 4.65. The highest BCUT2D eigenvalue weighted by molar-refractivity contribution is 7.51. The van der Waals surface area contributed by atoms with Crippen LogP contribution in [0.3, 0.4) is 0 Å². The number of hydrogen-bond donors (Lipinski definition) is 2. The van der Waals surface area contributed by atoms with E-state index < -0.39 is 26.0 Å².